The van der Waals surface area contributed by atoms with Crippen LogP contribution in [0.15, 0.2) is 35.0 Å². The molecule has 90 valence electrons. The molecule has 0 saturated heterocycles. The molecule has 2 aromatic rings. The van der Waals surface area contributed by atoms with E-state index in [2.05, 4.69) is 27.4 Å². The molecule has 0 radical (unpaired) electrons. The summed E-state index contributed by atoms with van der Waals surface area (Å²) in [5, 5.41) is 4.80. The van der Waals surface area contributed by atoms with Crippen molar-refractivity contribution in [3.8, 4) is 0 Å². The van der Waals surface area contributed by atoms with E-state index in [1.165, 1.54) is 5.56 Å². The van der Waals surface area contributed by atoms with E-state index >= 15 is 0 Å². The minimum absolute atomic E-state index is 0.167. The van der Waals surface area contributed by atoms with Crippen LogP contribution in [0.1, 0.15) is 11.1 Å². The van der Waals surface area contributed by atoms with Gasteiger partial charge >= 0.3 is 0 Å². The van der Waals surface area contributed by atoms with Crippen molar-refractivity contribution in [3.63, 3.8) is 0 Å². The van der Waals surface area contributed by atoms with E-state index in [1.807, 2.05) is 29.5 Å². The van der Waals surface area contributed by atoms with Crippen molar-refractivity contribution >= 4 is 33.0 Å². The van der Waals surface area contributed by atoms with Gasteiger partial charge in [-0.2, -0.15) is 11.3 Å². The molecule has 0 aliphatic heterocycles. The van der Waals surface area contributed by atoms with Gasteiger partial charge in [0.2, 0.25) is 0 Å². The third-order valence-electron chi connectivity index (χ3n) is 2.58. The van der Waals surface area contributed by atoms with E-state index in [0.29, 0.717) is 11.0 Å². The predicted molar refractivity (Wildman–Crippen MR) is 75.5 cm³/mol. The fourth-order valence-electron chi connectivity index (χ4n) is 1.68. The van der Waals surface area contributed by atoms with Crippen LogP contribution in [-0.4, -0.2) is 7.05 Å². The molecular formula is C13H13BrFNS. The molecule has 4 heteroatoms. The lowest BCUT2D eigenvalue weighted by Crippen LogP contribution is -2.17. The molecule has 0 fully saturated rings. The van der Waals surface area contributed by atoms with E-state index in [4.69, 9.17) is 0 Å². The van der Waals surface area contributed by atoms with Gasteiger partial charge in [-0.15, -0.1) is 0 Å². The zero-order valence-corrected chi connectivity index (χ0v) is 11.9. The summed E-state index contributed by atoms with van der Waals surface area (Å²) < 4.78 is 13.9. The SMILES string of the molecule is CN(Cc1ccsc1)c1ccc(CBr)cc1F. The molecule has 0 atom stereocenters. The summed E-state index contributed by atoms with van der Waals surface area (Å²) in [5.74, 6) is -0.167. The molecule has 17 heavy (non-hydrogen) atoms. The van der Waals surface area contributed by atoms with Crippen LogP contribution in [0.2, 0.25) is 0 Å². The lowest BCUT2D eigenvalue weighted by Gasteiger charge is -2.19. The van der Waals surface area contributed by atoms with Gasteiger partial charge in [-0.1, -0.05) is 22.0 Å². The Labute approximate surface area is 113 Å². The monoisotopic (exact) mass is 313 g/mol. The minimum Gasteiger partial charge on any atom is -0.368 e. The first-order chi connectivity index (χ1) is 8.20. The van der Waals surface area contributed by atoms with Gasteiger partial charge < -0.3 is 4.90 Å². The molecule has 0 N–H and O–H groups in total. The van der Waals surface area contributed by atoms with Crippen molar-refractivity contribution in [1.29, 1.82) is 0 Å². The van der Waals surface area contributed by atoms with E-state index in [9.17, 15) is 4.39 Å². The molecule has 0 spiro atoms. The number of thiophene rings is 1. The average molecular weight is 314 g/mol. The van der Waals surface area contributed by atoms with E-state index < -0.39 is 0 Å². The Balaban J connectivity index is 2.16. The summed E-state index contributed by atoms with van der Waals surface area (Å²) in [7, 11) is 1.91. The summed E-state index contributed by atoms with van der Waals surface area (Å²) in [6, 6.07) is 7.41. The number of nitrogens with zero attached hydrogens (tertiary/aromatic N) is 1. The summed E-state index contributed by atoms with van der Waals surface area (Å²) in [5.41, 5.74) is 2.80. The number of anilines is 1. The Hall–Kier alpha value is -0.870. The average Bonchev–Trinajstić information content (AvgIpc) is 2.81. The highest BCUT2D eigenvalue weighted by atomic mass is 79.9. The molecule has 0 aliphatic carbocycles. The van der Waals surface area contributed by atoms with Gasteiger partial charge in [0.05, 0.1) is 5.69 Å². The maximum atomic E-state index is 13.9. The second-order valence-electron chi connectivity index (χ2n) is 3.91. The first-order valence-corrected chi connectivity index (χ1v) is 7.33. The molecule has 0 unspecified atom stereocenters. The third kappa shape index (κ3) is 3.07. The maximum absolute atomic E-state index is 13.9. The van der Waals surface area contributed by atoms with Crippen molar-refractivity contribution in [2.24, 2.45) is 0 Å². The Morgan fingerprint density at radius 2 is 2.12 bits per heavy atom. The summed E-state index contributed by atoms with van der Waals surface area (Å²) >= 11 is 4.98. The van der Waals surface area contributed by atoms with Crippen LogP contribution in [-0.2, 0) is 11.9 Å². The zero-order chi connectivity index (χ0) is 12.3. The van der Waals surface area contributed by atoms with E-state index in [-0.39, 0.29) is 5.82 Å². The van der Waals surface area contributed by atoms with Crippen LogP contribution in [0.5, 0.6) is 0 Å². The molecule has 2 rings (SSSR count). The topological polar surface area (TPSA) is 3.24 Å². The number of rotatable bonds is 4. The molecule has 0 bridgehead atoms. The quantitative estimate of drug-likeness (QED) is 0.755. The van der Waals surface area contributed by atoms with Crippen molar-refractivity contribution in [2.75, 3.05) is 11.9 Å². The molecule has 1 heterocycles. The van der Waals surface area contributed by atoms with E-state index in [1.54, 1.807) is 17.4 Å². The summed E-state index contributed by atoms with van der Waals surface area (Å²) in [6.45, 7) is 0.730. The van der Waals surface area contributed by atoms with Gasteiger partial charge in [0.15, 0.2) is 0 Å². The third-order valence-corrected chi connectivity index (χ3v) is 3.96. The number of halogens is 2. The second-order valence-corrected chi connectivity index (χ2v) is 5.25. The zero-order valence-electron chi connectivity index (χ0n) is 9.49. The number of alkyl halides is 1. The van der Waals surface area contributed by atoms with Gasteiger partial charge in [0.25, 0.3) is 0 Å². The number of hydrogen-bond donors (Lipinski definition) is 0. The molecule has 1 aromatic carbocycles. The Bertz CT molecular complexity index is 484. The maximum Gasteiger partial charge on any atom is 0.146 e. The highest BCUT2D eigenvalue weighted by Crippen LogP contribution is 2.22. The van der Waals surface area contributed by atoms with Gasteiger partial charge in [0.1, 0.15) is 5.82 Å². The fraction of sp³-hybridized carbons (Fsp3) is 0.231. The molecule has 0 aliphatic rings. The second kappa shape index (κ2) is 5.65. The first kappa shape index (κ1) is 12.6. The van der Waals surface area contributed by atoms with Crippen LogP contribution in [0.3, 0.4) is 0 Å². The van der Waals surface area contributed by atoms with E-state index in [0.717, 1.165) is 12.1 Å². The molecule has 0 amide bonds. The first-order valence-electron chi connectivity index (χ1n) is 5.27. The Morgan fingerprint density at radius 1 is 1.29 bits per heavy atom. The Kier molecular flexibility index (Phi) is 4.18. The summed E-state index contributed by atoms with van der Waals surface area (Å²) in [4.78, 5) is 1.93. The largest absolute Gasteiger partial charge is 0.368 e. The van der Waals surface area contributed by atoms with Crippen LogP contribution in [0.25, 0.3) is 0 Å². The van der Waals surface area contributed by atoms with Crippen molar-refractivity contribution < 1.29 is 4.39 Å². The van der Waals surface area contributed by atoms with Gasteiger partial charge in [-0.3, -0.25) is 0 Å². The smallest absolute Gasteiger partial charge is 0.146 e. The molecular weight excluding hydrogens is 301 g/mol. The molecule has 1 nitrogen and oxygen atoms in total. The highest BCUT2D eigenvalue weighted by Gasteiger charge is 2.08. The standard InChI is InChI=1S/C13H13BrFNS/c1-16(8-11-4-5-17-9-11)13-3-2-10(7-14)6-12(13)15/h2-6,9H,7-8H2,1H3. The summed E-state index contributed by atoms with van der Waals surface area (Å²) in [6.07, 6.45) is 0. The highest BCUT2D eigenvalue weighted by molar-refractivity contribution is 9.08. The minimum atomic E-state index is -0.167. The van der Waals surface area contributed by atoms with Crippen LogP contribution in [0.4, 0.5) is 10.1 Å². The van der Waals surface area contributed by atoms with Gasteiger partial charge in [-0.25, -0.2) is 4.39 Å². The molecule has 0 saturated carbocycles. The lowest BCUT2D eigenvalue weighted by molar-refractivity contribution is 0.621. The van der Waals surface area contributed by atoms with Crippen molar-refractivity contribution in [1.82, 2.24) is 0 Å². The lowest BCUT2D eigenvalue weighted by atomic mass is 10.2. The van der Waals surface area contributed by atoms with Crippen molar-refractivity contribution in [3.05, 3.63) is 52.0 Å². The number of hydrogen-bond acceptors (Lipinski definition) is 2. The van der Waals surface area contributed by atoms with Crippen LogP contribution in [0, 0.1) is 5.82 Å². The van der Waals surface area contributed by atoms with Crippen LogP contribution < -0.4 is 4.90 Å². The predicted octanol–water partition coefficient (Wildman–Crippen LogP) is 4.42. The Morgan fingerprint density at radius 3 is 2.71 bits per heavy atom. The van der Waals surface area contributed by atoms with Gasteiger partial charge in [-0.05, 0) is 40.1 Å². The normalized spacial score (nSPS) is 10.5. The van der Waals surface area contributed by atoms with Crippen LogP contribution >= 0.6 is 27.3 Å². The fourth-order valence-corrected chi connectivity index (χ4v) is 2.69. The van der Waals surface area contributed by atoms with Crippen molar-refractivity contribution in [2.45, 2.75) is 11.9 Å². The number of benzene rings is 1. The van der Waals surface area contributed by atoms with Gasteiger partial charge in [0, 0.05) is 18.9 Å². The molecule has 1 aromatic heterocycles.